The first kappa shape index (κ1) is 22.1. The van der Waals surface area contributed by atoms with Gasteiger partial charge < -0.3 is 20.4 Å². The molecule has 9 heteroatoms. The molecule has 0 spiro atoms. The third-order valence-corrected chi connectivity index (χ3v) is 6.31. The third-order valence-electron chi connectivity index (χ3n) is 6.31. The highest BCUT2D eigenvalue weighted by molar-refractivity contribution is 6.44. The average molecular weight is 461 g/mol. The average Bonchev–Trinajstić information content (AvgIpc) is 3.49. The predicted molar refractivity (Wildman–Crippen MR) is 132 cm³/mol. The van der Waals surface area contributed by atoms with Crippen molar-refractivity contribution in [2.45, 2.75) is 19.0 Å². The number of carbonyl (C=O) groups is 2. The van der Waals surface area contributed by atoms with E-state index in [1.54, 1.807) is 0 Å². The third kappa shape index (κ3) is 4.66. The van der Waals surface area contributed by atoms with Gasteiger partial charge in [-0.15, -0.1) is 0 Å². The van der Waals surface area contributed by atoms with Gasteiger partial charge in [-0.1, -0.05) is 18.2 Å². The zero-order chi connectivity index (χ0) is 23.5. The number of aromatic nitrogens is 1. The molecule has 1 unspecified atom stereocenters. The molecule has 1 atom stereocenters. The van der Waals surface area contributed by atoms with Gasteiger partial charge in [0.25, 0.3) is 5.91 Å². The number of fused-ring (bicyclic) bond motifs is 1. The van der Waals surface area contributed by atoms with Crippen LogP contribution in [0.1, 0.15) is 6.42 Å². The van der Waals surface area contributed by atoms with Gasteiger partial charge >= 0.3 is 0 Å². The van der Waals surface area contributed by atoms with Crippen molar-refractivity contribution in [1.29, 1.82) is 0 Å². The maximum atomic E-state index is 12.9. The van der Waals surface area contributed by atoms with Gasteiger partial charge in [-0.3, -0.25) is 19.5 Å². The van der Waals surface area contributed by atoms with Crippen LogP contribution in [-0.4, -0.2) is 65.9 Å². The van der Waals surface area contributed by atoms with E-state index in [9.17, 15) is 9.59 Å². The largest absolute Gasteiger partial charge is 0.379 e. The summed E-state index contributed by atoms with van der Waals surface area (Å²) < 4.78 is 7.65. The molecule has 1 aromatic heterocycles. The minimum Gasteiger partial charge on any atom is -0.379 e. The Morgan fingerprint density at radius 3 is 2.62 bits per heavy atom. The van der Waals surface area contributed by atoms with Crippen molar-refractivity contribution in [2.24, 2.45) is 10.8 Å². The van der Waals surface area contributed by atoms with E-state index in [0.29, 0.717) is 11.4 Å². The predicted octanol–water partition coefficient (Wildman–Crippen LogP) is 2.03. The molecule has 1 saturated heterocycles. The molecular formula is C25H28N6O3. The number of primary amides is 1. The number of nitrogens with zero attached hydrogens (tertiary/aromatic N) is 4. The molecule has 3 N–H and O–H groups in total. The molecule has 1 fully saturated rings. The van der Waals surface area contributed by atoms with Crippen molar-refractivity contribution >= 4 is 39.8 Å². The van der Waals surface area contributed by atoms with Gasteiger partial charge in [0.1, 0.15) is 11.8 Å². The highest BCUT2D eigenvalue weighted by Crippen LogP contribution is 2.25. The number of hydrazone groups is 1. The van der Waals surface area contributed by atoms with Crippen molar-refractivity contribution in [3.63, 3.8) is 0 Å². The number of morpholine rings is 1. The molecular weight excluding hydrogens is 432 g/mol. The van der Waals surface area contributed by atoms with Gasteiger partial charge in [0.2, 0.25) is 5.91 Å². The van der Waals surface area contributed by atoms with Crippen molar-refractivity contribution < 1.29 is 14.3 Å². The number of ether oxygens (including phenoxy) is 1. The molecule has 2 aliphatic heterocycles. The van der Waals surface area contributed by atoms with Gasteiger partial charge in [-0.05, 0) is 36.4 Å². The van der Waals surface area contributed by atoms with E-state index in [4.69, 9.17) is 10.5 Å². The molecule has 2 amide bonds. The molecule has 5 rings (SSSR count). The van der Waals surface area contributed by atoms with Crippen LogP contribution in [0.15, 0.2) is 65.9 Å². The quantitative estimate of drug-likeness (QED) is 0.561. The zero-order valence-corrected chi connectivity index (χ0v) is 18.9. The fraction of sp³-hybridized carbons (Fsp3) is 0.320. The van der Waals surface area contributed by atoms with Crippen molar-refractivity contribution in [3.05, 3.63) is 60.8 Å². The molecule has 0 radical (unpaired) electrons. The number of amides is 2. The van der Waals surface area contributed by atoms with E-state index in [0.717, 1.165) is 50.3 Å². The fourth-order valence-electron chi connectivity index (χ4n) is 4.44. The Kier molecular flexibility index (Phi) is 6.29. The molecule has 0 saturated carbocycles. The second kappa shape index (κ2) is 9.66. The monoisotopic (exact) mass is 460 g/mol. The van der Waals surface area contributed by atoms with Crippen LogP contribution in [0, 0.1) is 0 Å². The van der Waals surface area contributed by atoms with Gasteiger partial charge in [0, 0.05) is 55.4 Å². The van der Waals surface area contributed by atoms with Crippen molar-refractivity contribution in [1.82, 2.24) is 9.47 Å². The number of nitrogens with one attached hydrogen (secondary N) is 1. The van der Waals surface area contributed by atoms with Crippen LogP contribution in [0.3, 0.4) is 0 Å². The maximum Gasteiger partial charge on any atom is 0.271 e. The Morgan fingerprint density at radius 2 is 1.85 bits per heavy atom. The maximum absolute atomic E-state index is 12.9. The van der Waals surface area contributed by atoms with Crippen LogP contribution in [0.25, 0.3) is 10.9 Å². The summed E-state index contributed by atoms with van der Waals surface area (Å²) in [6, 6.07) is 16.5. The fourth-order valence-corrected chi connectivity index (χ4v) is 4.44. The van der Waals surface area contributed by atoms with Gasteiger partial charge in [0.15, 0.2) is 0 Å². The molecule has 176 valence electrons. The first-order valence-electron chi connectivity index (χ1n) is 11.5. The highest BCUT2D eigenvalue weighted by atomic mass is 16.5. The molecule has 2 aromatic carbocycles. The van der Waals surface area contributed by atoms with Gasteiger partial charge in [0.05, 0.1) is 18.9 Å². The smallest absolute Gasteiger partial charge is 0.271 e. The number of anilines is 2. The van der Waals surface area contributed by atoms with Crippen molar-refractivity contribution in [3.8, 4) is 0 Å². The van der Waals surface area contributed by atoms with E-state index in [2.05, 4.69) is 32.1 Å². The number of hydrogen-bond acceptors (Lipinski definition) is 6. The standard InChI is InChI=1S/C25H28N6O3/c26-24(32)23-17-21(28-31(23)20-4-2-1-3-5-20)25(33)27-19-6-7-22-18(16-19)8-9-30(22)11-10-29-12-14-34-15-13-29/h1-9,16,23H,10-15,17H2,(H2,26,32)(H,27,33). The number of benzene rings is 2. The lowest BCUT2D eigenvalue weighted by molar-refractivity contribution is -0.119. The first-order valence-corrected chi connectivity index (χ1v) is 11.5. The second-order valence-electron chi connectivity index (χ2n) is 8.54. The summed E-state index contributed by atoms with van der Waals surface area (Å²) in [6.45, 7) is 5.41. The molecule has 2 aliphatic rings. The number of rotatable bonds is 7. The van der Waals surface area contributed by atoms with Crippen LogP contribution < -0.4 is 16.1 Å². The Labute approximate surface area is 197 Å². The van der Waals surface area contributed by atoms with Crippen LogP contribution in [-0.2, 0) is 20.9 Å². The molecule has 3 aromatic rings. The minimum absolute atomic E-state index is 0.163. The molecule has 0 aliphatic carbocycles. The molecule has 0 bridgehead atoms. The Hall–Kier alpha value is -3.69. The first-order chi connectivity index (χ1) is 16.6. The van der Waals surface area contributed by atoms with Crippen LogP contribution in [0.4, 0.5) is 11.4 Å². The lowest BCUT2D eigenvalue weighted by atomic mass is 10.1. The number of hydrogen-bond donors (Lipinski definition) is 2. The normalized spacial score (nSPS) is 18.8. The number of nitrogens with two attached hydrogens (primary N) is 1. The van der Waals surface area contributed by atoms with Crippen molar-refractivity contribution in [2.75, 3.05) is 43.2 Å². The summed E-state index contributed by atoms with van der Waals surface area (Å²) in [7, 11) is 0. The summed E-state index contributed by atoms with van der Waals surface area (Å²) in [5.41, 5.74) is 8.37. The number of carbonyl (C=O) groups excluding carboxylic acids is 2. The number of para-hydroxylation sites is 1. The lowest BCUT2D eigenvalue weighted by Crippen LogP contribution is -2.39. The Balaban J connectivity index is 1.27. The molecule has 34 heavy (non-hydrogen) atoms. The second-order valence-corrected chi connectivity index (χ2v) is 8.54. The van der Waals surface area contributed by atoms with Crippen LogP contribution >= 0.6 is 0 Å². The summed E-state index contributed by atoms with van der Waals surface area (Å²) in [4.78, 5) is 27.3. The summed E-state index contributed by atoms with van der Waals surface area (Å²) in [6.07, 6.45) is 2.24. The zero-order valence-electron chi connectivity index (χ0n) is 18.9. The topological polar surface area (TPSA) is 105 Å². The van der Waals surface area contributed by atoms with E-state index >= 15 is 0 Å². The molecule has 9 nitrogen and oxygen atoms in total. The Morgan fingerprint density at radius 1 is 1.06 bits per heavy atom. The SMILES string of the molecule is NC(=O)C1CC(C(=O)Nc2ccc3c(ccn3CCN3CCOCC3)c2)=NN1c1ccccc1. The molecule has 3 heterocycles. The minimum atomic E-state index is -0.689. The highest BCUT2D eigenvalue weighted by Gasteiger charge is 2.35. The van der Waals surface area contributed by atoms with Crippen LogP contribution in [0.5, 0.6) is 0 Å². The Bertz CT molecular complexity index is 1220. The van der Waals surface area contributed by atoms with E-state index < -0.39 is 11.9 Å². The van der Waals surface area contributed by atoms with Gasteiger partial charge in [-0.25, -0.2) is 0 Å². The van der Waals surface area contributed by atoms with E-state index in [-0.39, 0.29) is 18.0 Å². The van der Waals surface area contributed by atoms with Gasteiger partial charge in [-0.2, -0.15) is 5.10 Å². The van der Waals surface area contributed by atoms with Crippen LogP contribution in [0.2, 0.25) is 0 Å². The summed E-state index contributed by atoms with van der Waals surface area (Å²) in [5.74, 6) is -0.856. The van der Waals surface area contributed by atoms with E-state index in [1.807, 2.05) is 48.5 Å². The van der Waals surface area contributed by atoms with E-state index in [1.165, 1.54) is 5.01 Å². The summed E-state index contributed by atoms with van der Waals surface area (Å²) >= 11 is 0. The lowest BCUT2D eigenvalue weighted by Gasteiger charge is -2.26. The summed E-state index contributed by atoms with van der Waals surface area (Å²) in [5, 5.41) is 9.91.